The fourth-order valence-electron chi connectivity index (χ4n) is 3.94. The van der Waals surface area contributed by atoms with Gasteiger partial charge in [-0.3, -0.25) is 4.98 Å². The lowest BCUT2D eigenvalue weighted by molar-refractivity contribution is 0.0456. The Hall–Kier alpha value is -2.35. The van der Waals surface area contributed by atoms with Crippen LogP contribution in [0.1, 0.15) is 109 Å². The van der Waals surface area contributed by atoms with Gasteiger partial charge in [-0.2, -0.15) is 0 Å². The van der Waals surface area contributed by atoms with Crippen LogP contribution in [0, 0.1) is 0 Å². The van der Waals surface area contributed by atoms with Crippen LogP contribution in [-0.2, 0) is 20.8 Å². The van der Waals surface area contributed by atoms with Crippen LogP contribution in [-0.4, -0.2) is 50.1 Å². The summed E-state index contributed by atoms with van der Waals surface area (Å²) in [6.07, 6.45) is 20.6. The highest BCUT2D eigenvalue weighted by Gasteiger charge is 2.03. The number of hydrogen-bond donors (Lipinski definition) is 2. The number of aromatic nitrogens is 1. The summed E-state index contributed by atoms with van der Waals surface area (Å²) < 4.78 is 15.4. The number of pyridine rings is 1. The van der Waals surface area contributed by atoms with Crippen molar-refractivity contribution < 1.29 is 23.8 Å². The number of ether oxygens (including phenoxy) is 3. The van der Waals surface area contributed by atoms with Crippen molar-refractivity contribution in [3.05, 3.63) is 30.1 Å². The molecule has 0 atom stereocenters. The molecule has 212 valence electrons. The highest BCUT2D eigenvalue weighted by atomic mass is 16.6. The van der Waals surface area contributed by atoms with Crippen LogP contribution in [0.2, 0.25) is 0 Å². The Morgan fingerprint density at radius 2 is 1.19 bits per heavy atom. The third kappa shape index (κ3) is 22.6. The average molecular weight is 522 g/mol. The summed E-state index contributed by atoms with van der Waals surface area (Å²) in [7, 11) is 0. The first-order valence-electron chi connectivity index (χ1n) is 14.5. The van der Waals surface area contributed by atoms with Crippen molar-refractivity contribution in [2.75, 3.05) is 33.0 Å². The van der Waals surface area contributed by atoms with Gasteiger partial charge in [0, 0.05) is 12.7 Å². The zero-order chi connectivity index (χ0) is 26.7. The van der Waals surface area contributed by atoms with Gasteiger partial charge in [0.1, 0.15) is 13.2 Å². The molecule has 1 rings (SSSR count). The molecule has 1 aromatic rings. The van der Waals surface area contributed by atoms with Gasteiger partial charge in [-0.15, -0.1) is 0 Å². The van der Waals surface area contributed by atoms with Crippen LogP contribution in [0.3, 0.4) is 0 Å². The minimum Gasteiger partial charge on any atom is -0.447 e. The van der Waals surface area contributed by atoms with E-state index in [0.717, 1.165) is 18.5 Å². The molecule has 2 amide bonds. The van der Waals surface area contributed by atoms with Gasteiger partial charge in [0.2, 0.25) is 0 Å². The van der Waals surface area contributed by atoms with E-state index in [9.17, 15) is 9.59 Å². The monoisotopic (exact) mass is 521 g/mol. The highest BCUT2D eigenvalue weighted by molar-refractivity contribution is 5.67. The van der Waals surface area contributed by atoms with E-state index in [1.165, 1.54) is 83.5 Å². The molecule has 2 N–H and O–H groups in total. The van der Waals surface area contributed by atoms with Crippen LogP contribution in [0.15, 0.2) is 24.4 Å². The fraction of sp³-hybridized carbons (Fsp3) is 0.759. The van der Waals surface area contributed by atoms with E-state index in [2.05, 4.69) is 22.5 Å². The van der Waals surface area contributed by atoms with Gasteiger partial charge in [-0.25, -0.2) is 9.59 Å². The maximum Gasteiger partial charge on any atom is 0.407 e. The lowest BCUT2D eigenvalue weighted by Crippen LogP contribution is -2.27. The molecule has 0 aliphatic heterocycles. The molecule has 0 saturated carbocycles. The van der Waals surface area contributed by atoms with E-state index in [4.69, 9.17) is 14.2 Å². The predicted octanol–water partition coefficient (Wildman–Crippen LogP) is 6.92. The average Bonchev–Trinajstić information content (AvgIpc) is 2.91. The predicted molar refractivity (Wildman–Crippen MR) is 148 cm³/mol. The normalized spacial score (nSPS) is 10.7. The molecule has 37 heavy (non-hydrogen) atoms. The minimum absolute atomic E-state index is 0.124. The number of rotatable bonds is 24. The van der Waals surface area contributed by atoms with Crippen LogP contribution < -0.4 is 10.6 Å². The smallest absolute Gasteiger partial charge is 0.407 e. The summed E-state index contributed by atoms with van der Waals surface area (Å²) in [6, 6.07) is 5.49. The molecule has 1 heterocycles. The van der Waals surface area contributed by atoms with E-state index in [-0.39, 0.29) is 26.4 Å². The van der Waals surface area contributed by atoms with Crippen molar-refractivity contribution >= 4 is 12.2 Å². The second kappa shape index (κ2) is 25.3. The van der Waals surface area contributed by atoms with Gasteiger partial charge in [0.05, 0.1) is 25.5 Å². The molecule has 0 aromatic carbocycles. The second-order valence-electron chi connectivity index (χ2n) is 9.44. The van der Waals surface area contributed by atoms with Gasteiger partial charge >= 0.3 is 12.2 Å². The largest absolute Gasteiger partial charge is 0.447 e. The first kappa shape index (κ1) is 32.7. The van der Waals surface area contributed by atoms with Crippen LogP contribution in [0.4, 0.5) is 9.59 Å². The maximum absolute atomic E-state index is 11.7. The zero-order valence-electron chi connectivity index (χ0n) is 23.1. The third-order valence-corrected chi connectivity index (χ3v) is 6.11. The molecule has 0 aliphatic carbocycles. The SMILES string of the molecule is CCCCCCCCCCCCCCCCCNC(=O)OCCOCCOC(=O)NCc1ccccn1. The fourth-order valence-corrected chi connectivity index (χ4v) is 3.94. The number of hydrogen-bond acceptors (Lipinski definition) is 6. The van der Waals surface area contributed by atoms with Gasteiger partial charge in [-0.05, 0) is 18.6 Å². The van der Waals surface area contributed by atoms with Crippen LogP contribution in [0.25, 0.3) is 0 Å². The standard InChI is InChI=1S/C29H51N3O5/c1-2-3-4-5-6-7-8-9-10-11-12-13-14-15-17-21-31-28(33)36-24-22-35-23-25-37-29(34)32-26-27-19-16-18-20-30-27/h16,18-20H,2-15,17,21-26H2,1H3,(H,31,33)(H,32,34). The van der Waals surface area contributed by atoms with Gasteiger partial charge < -0.3 is 24.8 Å². The second-order valence-corrected chi connectivity index (χ2v) is 9.44. The van der Waals surface area contributed by atoms with Gasteiger partial charge in [-0.1, -0.05) is 103 Å². The highest BCUT2D eigenvalue weighted by Crippen LogP contribution is 2.13. The van der Waals surface area contributed by atoms with Crippen molar-refractivity contribution in [2.24, 2.45) is 0 Å². The maximum atomic E-state index is 11.7. The quantitative estimate of drug-likeness (QED) is 0.143. The molecule has 1 aromatic heterocycles. The van der Waals surface area contributed by atoms with Crippen molar-refractivity contribution in [1.29, 1.82) is 0 Å². The van der Waals surface area contributed by atoms with Crippen molar-refractivity contribution in [2.45, 2.75) is 110 Å². The summed E-state index contributed by atoms with van der Waals surface area (Å²) in [5, 5.41) is 5.39. The van der Waals surface area contributed by atoms with E-state index in [1.54, 1.807) is 6.20 Å². The minimum atomic E-state index is -0.524. The molecule has 0 radical (unpaired) electrons. The van der Waals surface area contributed by atoms with Gasteiger partial charge in [0.25, 0.3) is 0 Å². The summed E-state index contributed by atoms with van der Waals surface area (Å²) in [6.45, 7) is 4.00. The molecule has 0 unspecified atom stereocenters. The molecule has 8 nitrogen and oxygen atoms in total. The Labute approximate surface area is 224 Å². The molecule has 0 saturated heterocycles. The lowest BCUT2D eigenvalue weighted by atomic mass is 10.0. The summed E-state index contributed by atoms with van der Waals surface area (Å²) in [5.41, 5.74) is 0.755. The molecular weight excluding hydrogens is 470 g/mol. The molecule has 0 fully saturated rings. The summed E-state index contributed by atoms with van der Waals surface area (Å²) in [4.78, 5) is 27.4. The Morgan fingerprint density at radius 1 is 0.676 bits per heavy atom. The molecule has 8 heteroatoms. The van der Waals surface area contributed by atoms with Crippen molar-refractivity contribution in [3.63, 3.8) is 0 Å². The van der Waals surface area contributed by atoms with Gasteiger partial charge in [0.15, 0.2) is 0 Å². The number of alkyl carbamates (subject to hydrolysis) is 2. The summed E-state index contributed by atoms with van der Waals surface area (Å²) in [5.74, 6) is 0. The molecular formula is C29H51N3O5. The zero-order valence-corrected chi connectivity index (χ0v) is 23.1. The van der Waals surface area contributed by atoms with Crippen molar-refractivity contribution in [3.8, 4) is 0 Å². The Kier molecular flexibility index (Phi) is 22.4. The topological polar surface area (TPSA) is 98.8 Å². The van der Waals surface area contributed by atoms with Crippen molar-refractivity contribution in [1.82, 2.24) is 15.6 Å². The van der Waals surface area contributed by atoms with E-state index < -0.39 is 12.2 Å². The third-order valence-electron chi connectivity index (χ3n) is 6.11. The number of carbonyl (C=O) groups excluding carboxylic acids is 2. The Morgan fingerprint density at radius 3 is 1.70 bits per heavy atom. The number of nitrogens with zero attached hydrogens (tertiary/aromatic N) is 1. The molecule has 0 bridgehead atoms. The number of nitrogens with one attached hydrogen (secondary N) is 2. The molecule has 0 aliphatic rings. The van der Waals surface area contributed by atoms with E-state index in [0.29, 0.717) is 13.1 Å². The first-order valence-corrected chi connectivity index (χ1v) is 14.5. The number of amides is 2. The number of carbonyl (C=O) groups is 2. The Balaban J connectivity index is 1.75. The Bertz CT molecular complexity index is 660. The van der Waals surface area contributed by atoms with Crippen LogP contribution >= 0.6 is 0 Å². The van der Waals surface area contributed by atoms with E-state index in [1.807, 2.05) is 18.2 Å². The lowest BCUT2D eigenvalue weighted by Gasteiger charge is -2.09. The van der Waals surface area contributed by atoms with E-state index >= 15 is 0 Å². The first-order chi connectivity index (χ1) is 18.2. The molecule has 0 spiro atoms. The summed E-state index contributed by atoms with van der Waals surface area (Å²) >= 11 is 0. The van der Waals surface area contributed by atoms with Crippen LogP contribution in [0.5, 0.6) is 0 Å². The number of unbranched alkanes of at least 4 members (excludes halogenated alkanes) is 14.